The molecule has 0 bridgehead atoms. The second-order valence-corrected chi connectivity index (χ2v) is 4.00. The molecule has 0 unspecified atom stereocenters. The Kier molecular flexibility index (Phi) is 4.21. The zero-order valence-electron chi connectivity index (χ0n) is 9.84. The molecule has 0 saturated carbocycles. The Morgan fingerprint density at radius 3 is 2.44 bits per heavy atom. The maximum absolute atomic E-state index is 12.5. The summed E-state index contributed by atoms with van der Waals surface area (Å²) in [5.41, 5.74) is 4.30. The van der Waals surface area contributed by atoms with Crippen molar-refractivity contribution in [3.05, 3.63) is 28.8 Å². The smallest absolute Gasteiger partial charge is 0.416 e. The van der Waals surface area contributed by atoms with E-state index in [1.165, 1.54) is 0 Å². The first kappa shape index (κ1) is 14.3. The van der Waals surface area contributed by atoms with Crippen molar-refractivity contribution in [3.8, 4) is 0 Å². The van der Waals surface area contributed by atoms with Gasteiger partial charge in [0.25, 0.3) is 0 Å². The SMILES string of the molecule is CCCCc1c(N)cc(C(F)(F)F)cc1C(=O)O. The fourth-order valence-electron chi connectivity index (χ4n) is 1.68. The molecular formula is C12H14F3NO2. The molecule has 0 fully saturated rings. The van der Waals surface area contributed by atoms with Gasteiger partial charge in [-0.05, 0) is 30.5 Å². The van der Waals surface area contributed by atoms with Crippen LogP contribution in [-0.4, -0.2) is 11.1 Å². The zero-order chi connectivity index (χ0) is 13.9. The molecule has 6 heteroatoms. The minimum Gasteiger partial charge on any atom is -0.478 e. The molecule has 1 rings (SSSR count). The van der Waals surface area contributed by atoms with Crippen LogP contribution in [0.5, 0.6) is 0 Å². The van der Waals surface area contributed by atoms with E-state index in [0.29, 0.717) is 18.9 Å². The number of carbonyl (C=O) groups is 1. The van der Waals surface area contributed by atoms with Crippen molar-refractivity contribution in [1.82, 2.24) is 0 Å². The monoisotopic (exact) mass is 261 g/mol. The van der Waals surface area contributed by atoms with Gasteiger partial charge in [0.15, 0.2) is 0 Å². The molecule has 18 heavy (non-hydrogen) atoms. The summed E-state index contributed by atoms with van der Waals surface area (Å²) in [4.78, 5) is 11.0. The van der Waals surface area contributed by atoms with E-state index in [-0.39, 0.29) is 16.8 Å². The number of halogens is 3. The summed E-state index contributed by atoms with van der Waals surface area (Å²) >= 11 is 0. The highest BCUT2D eigenvalue weighted by atomic mass is 19.4. The van der Waals surface area contributed by atoms with Crippen molar-refractivity contribution in [2.24, 2.45) is 0 Å². The van der Waals surface area contributed by atoms with Gasteiger partial charge in [-0.15, -0.1) is 0 Å². The number of carboxylic acid groups (broad SMARTS) is 1. The number of hydrogen-bond acceptors (Lipinski definition) is 2. The lowest BCUT2D eigenvalue weighted by atomic mass is 9.97. The molecule has 0 aliphatic rings. The number of unbranched alkanes of at least 4 members (excludes halogenated alkanes) is 1. The average molecular weight is 261 g/mol. The van der Waals surface area contributed by atoms with Gasteiger partial charge in [0.2, 0.25) is 0 Å². The molecule has 0 saturated heterocycles. The Morgan fingerprint density at radius 1 is 1.39 bits per heavy atom. The van der Waals surface area contributed by atoms with Gasteiger partial charge in [0.1, 0.15) is 0 Å². The van der Waals surface area contributed by atoms with Crippen LogP contribution in [0.15, 0.2) is 12.1 Å². The van der Waals surface area contributed by atoms with Gasteiger partial charge in [-0.3, -0.25) is 0 Å². The molecule has 0 aliphatic heterocycles. The van der Waals surface area contributed by atoms with Gasteiger partial charge in [-0.25, -0.2) is 4.79 Å². The molecule has 100 valence electrons. The van der Waals surface area contributed by atoms with Gasteiger partial charge >= 0.3 is 12.1 Å². The molecule has 1 aromatic rings. The zero-order valence-corrected chi connectivity index (χ0v) is 9.84. The van der Waals surface area contributed by atoms with Crippen LogP contribution in [0.1, 0.15) is 41.3 Å². The first-order chi connectivity index (χ1) is 8.27. The first-order valence-corrected chi connectivity index (χ1v) is 5.50. The number of carboxylic acids is 1. The molecule has 0 aliphatic carbocycles. The number of anilines is 1. The normalized spacial score (nSPS) is 11.6. The summed E-state index contributed by atoms with van der Waals surface area (Å²) < 4.78 is 37.6. The third-order valence-electron chi connectivity index (χ3n) is 2.62. The topological polar surface area (TPSA) is 63.3 Å². The highest BCUT2D eigenvalue weighted by molar-refractivity contribution is 5.91. The third kappa shape index (κ3) is 3.15. The standard InChI is InChI=1S/C12H14F3NO2/c1-2-3-4-8-9(11(17)18)5-7(6-10(8)16)12(13,14)15/h5-6H,2-4,16H2,1H3,(H,17,18). The summed E-state index contributed by atoms with van der Waals surface area (Å²) in [5.74, 6) is -1.39. The number of benzene rings is 1. The molecule has 0 heterocycles. The predicted octanol–water partition coefficient (Wildman–Crippen LogP) is 3.33. The lowest BCUT2D eigenvalue weighted by Gasteiger charge is -2.14. The quantitative estimate of drug-likeness (QED) is 0.817. The van der Waals surface area contributed by atoms with E-state index in [2.05, 4.69) is 0 Å². The van der Waals surface area contributed by atoms with E-state index < -0.39 is 17.7 Å². The van der Waals surface area contributed by atoms with Crippen molar-refractivity contribution in [2.45, 2.75) is 32.4 Å². The first-order valence-electron chi connectivity index (χ1n) is 5.50. The average Bonchev–Trinajstić information content (AvgIpc) is 2.25. The van der Waals surface area contributed by atoms with Crippen LogP contribution in [0.2, 0.25) is 0 Å². The fraction of sp³-hybridized carbons (Fsp3) is 0.417. The van der Waals surface area contributed by atoms with Gasteiger partial charge in [0.05, 0.1) is 11.1 Å². The number of alkyl halides is 3. The molecule has 0 atom stereocenters. The number of aromatic carboxylic acids is 1. The Balaban J connectivity index is 3.31. The van der Waals surface area contributed by atoms with Gasteiger partial charge < -0.3 is 10.8 Å². The van der Waals surface area contributed by atoms with Crippen LogP contribution in [0.4, 0.5) is 18.9 Å². The van der Waals surface area contributed by atoms with E-state index in [1.54, 1.807) is 0 Å². The van der Waals surface area contributed by atoms with Crippen molar-refractivity contribution < 1.29 is 23.1 Å². The summed E-state index contributed by atoms with van der Waals surface area (Å²) in [6, 6.07) is 1.43. The molecule has 0 spiro atoms. The Morgan fingerprint density at radius 2 is 2.00 bits per heavy atom. The van der Waals surface area contributed by atoms with E-state index in [4.69, 9.17) is 10.8 Å². The van der Waals surface area contributed by atoms with Crippen LogP contribution in [0, 0.1) is 0 Å². The van der Waals surface area contributed by atoms with Gasteiger partial charge in [-0.1, -0.05) is 13.3 Å². The number of rotatable bonds is 4. The Hall–Kier alpha value is -1.72. The third-order valence-corrected chi connectivity index (χ3v) is 2.62. The van der Waals surface area contributed by atoms with Crippen LogP contribution in [0.25, 0.3) is 0 Å². The molecule has 3 nitrogen and oxygen atoms in total. The lowest BCUT2D eigenvalue weighted by Crippen LogP contribution is -2.12. The van der Waals surface area contributed by atoms with Crippen molar-refractivity contribution in [1.29, 1.82) is 0 Å². The van der Waals surface area contributed by atoms with Crippen LogP contribution < -0.4 is 5.73 Å². The highest BCUT2D eigenvalue weighted by Gasteiger charge is 2.32. The summed E-state index contributed by atoms with van der Waals surface area (Å²) in [5, 5.41) is 8.96. The second-order valence-electron chi connectivity index (χ2n) is 4.00. The molecule has 3 N–H and O–H groups in total. The largest absolute Gasteiger partial charge is 0.478 e. The number of nitrogens with two attached hydrogens (primary N) is 1. The number of nitrogen functional groups attached to an aromatic ring is 1. The van der Waals surface area contributed by atoms with Gasteiger partial charge in [0, 0.05) is 5.69 Å². The molecule has 0 aromatic heterocycles. The van der Waals surface area contributed by atoms with Crippen molar-refractivity contribution in [3.63, 3.8) is 0 Å². The lowest BCUT2D eigenvalue weighted by molar-refractivity contribution is -0.137. The van der Waals surface area contributed by atoms with Crippen LogP contribution in [0.3, 0.4) is 0 Å². The van der Waals surface area contributed by atoms with Crippen LogP contribution >= 0.6 is 0 Å². The van der Waals surface area contributed by atoms with E-state index in [9.17, 15) is 18.0 Å². The van der Waals surface area contributed by atoms with E-state index in [0.717, 1.165) is 12.5 Å². The maximum Gasteiger partial charge on any atom is 0.416 e. The highest BCUT2D eigenvalue weighted by Crippen LogP contribution is 2.33. The molecule has 0 radical (unpaired) electrons. The molecule has 1 aromatic carbocycles. The fourth-order valence-corrected chi connectivity index (χ4v) is 1.68. The number of hydrogen-bond donors (Lipinski definition) is 2. The van der Waals surface area contributed by atoms with Crippen molar-refractivity contribution in [2.75, 3.05) is 5.73 Å². The Bertz CT molecular complexity index is 455. The minimum absolute atomic E-state index is 0.115. The molecule has 0 amide bonds. The second kappa shape index (κ2) is 5.29. The van der Waals surface area contributed by atoms with Crippen LogP contribution in [-0.2, 0) is 12.6 Å². The van der Waals surface area contributed by atoms with Gasteiger partial charge in [-0.2, -0.15) is 13.2 Å². The molecular weight excluding hydrogens is 247 g/mol. The summed E-state index contributed by atoms with van der Waals surface area (Å²) in [6.07, 6.45) is -2.75. The van der Waals surface area contributed by atoms with Crippen molar-refractivity contribution >= 4 is 11.7 Å². The maximum atomic E-state index is 12.5. The summed E-state index contributed by atoms with van der Waals surface area (Å²) in [7, 11) is 0. The van der Waals surface area contributed by atoms with E-state index in [1.807, 2.05) is 6.92 Å². The minimum atomic E-state index is -4.60. The Labute approximate surface area is 102 Å². The van der Waals surface area contributed by atoms with E-state index >= 15 is 0 Å². The summed E-state index contributed by atoms with van der Waals surface area (Å²) in [6.45, 7) is 1.90. The predicted molar refractivity (Wildman–Crippen MR) is 61.4 cm³/mol.